The van der Waals surface area contributed by atoms with Crippen molar-refractivity contribution in [2.75, 3.05) is 169 Å². The lowest BCUT2D eigenvalue weighted by Crippen LogP contribution is -2.24. The van der Waals surface area contributed by atoms with Crippen LogP contribution in [0.2, 0.25) is 0 Å². The number of nitriles is 1. The van der Waals surface area contributed by atoms with Crippen molar-refractivity contribution in [3.05, 3.63) is 283 Å². The van der Waals surface area contributed by atoms with Crippen LogP contribution in [0.5, 0.6) is 69.0 Å². The second-order valence-electron chi connectivity index (χ2n) is 32.9. The summed E-state index contributed by atoms with van der Waals surface area (Å²) in [5, 5.41) is 68.4. The van der Waals surface area contributed by atoms with Crippen LogP contribution in [0.4, 0.5) is 61.3 Å². The van der Waals surface area contributed by atoms with Gasteiger partial charge in [0.15, 0.2) is 28.9 Å². The minimum absolute atomic E-state index is 0.0559. The molecule has 0 aliphatic carbocycles. The van der Waals surface area contributed by atoms with Gasteiger partial charge in [-0.3, -0.25) is 51.0 Å². The molecule has 5 saturated heterocycles. The lowest BCUT2D eigenvalue weighted by Gasteiger charge is -2.19. The maximum Gasteiger partial charge on any atom is 0.188 e. The minimum Gasteiger partial charge on any atom is -0.497 e. The number of amidine groups is 5. The zero-order valence-electron chi connectivity index (χ0n) is 77.9. The van der Waals surface area contributed by atoms with E-state index in [1.54, 1.807) is 219 Å². The fraction of sp³-hybridized carbons (Fsp3) is 0.221. The molecule has 33 nitrogen and oxygen atoms in total. The maximum absolute atomic E-state index is 13.4. The number of benzene rings is 10. The Balaban J connectivity index is 0.000000125. The highest BCUT2D eigenvalue weighted by atomic mass is 19.1. The number of ketones is 5. The van der Waals surface area contributed by atoms with E-state index >= 15 is 0 Å². The number of carbonyl (C=O) groups excluding carboxylic acids is 5. The molecule has 0 bridgehead atoms. The molecule has 10 heterocycles. The highest BCUT2D eigenvalue weighted by molar-refractivity contribution is 6.37. The molecular weight excluding hydrogens is 1760 g/mol. The molecule has 0 amide bonds. The van der Waals surface area contributed by atoms with Crippen molar-refractivity contribution in [2.24, 2.45) is 0 Å². The second kappa shape index (κ2) is 39.8. The lowest BCUT2D eigenvalue weighted by molar-refractivity contribution is -0.114. The number of nitrogens with one attached hydrogen (secondary N) is 10. The Hall–Kier alpha value is -17.4. The molecule has 0 spiro atoms. The Morgan fingerprint density at radius 2 is 0.558 bits per heavy atom. The van der Waals surface area contributed by atoms with Crippen LogP contribution in [0.15, 0.2) is 238 Å². The number of fused-ring (bicyclic) bond motifs is 5. The van der Waals surface area contributed by atoms with Gasteiger partial charge < -0.3 is 108 Å². The molecule has 138 heavy (non-hydrogen) atoms. The van der Waals surface area contributed by atoms with Crippen molar-refractivity contribution >= 4 is 115 Å². The third-order valence-corrected chi connectivity index (χ3v) is 24.7. The Morgan fingerprint density at radius 1 is 0.290 bits per heavy atom. The van der Waals surface area contributed by atoms with Gasteiger partial charge in [-0.05, 0) is 82.8 Å². The first-order valence-corrected chi connectivity index (χ1v) is 43.5. The number of Topliss-reactive ketones (excluding diaryl/α,β-unsaturated/α-hetero) is 5. The average molecular weight is 1860 g/mol. The highest BCUT2D eigenvalue weighted by Gasteiger charge is 2.43. The number of aryl methyl sites for hydroxylation is 1. The van der Waals surface area contributed by atoms with Crippen LogP contribution in [0.3, 0.4) is 0 Å². The van der Waals surface area contributed by atoms with Crippen LogP contribution in [-0.2, 0) is 56.1 Å². The summed E-state index contributed by atoms with van der Waals surface area (Å²) in [6, 6.07) is 56.3. The Labute approximate surface area is 794 Å². The molecule has 10 aromatic rings. The number of hydrogen-bond donors (Lipinski definition) is 10. The van der Waals surface area contributed by atoms with Crippen LogP contribution in [0.25, 0.3) is 0 Å². The van der Waals surface area contributed by atoms with Gasteiger partial charge in [0.25, 0.3) is 0 Å². The van der Waals surface area contributed by atoms with Gasteiger partial charge in [0, 0.05) is 180 Å². The first-order chi connectivity index (χ1) is 66.6. The smallest absolute Gasteiger partial charge is 0.188 e. The number of methoxy groups -OCH3 is 12. The summed E-state index contributed by atoms with van der Waals surface area (Å²) in [4.78, 5) is 72.0. The first-order valence-electron chi connectivity index (χ1n) is 43.5. The number of allylic oxidation sites excluding steroid dienone is 5. The summed E-state index contributed by atoms with van der Waals surface area (Å²) in [5.41, 5.74) is 20.0. The molecule has 5 fully saturated rings. The van der Waals surface area contributed by atoms with Crippen LogP contribution in [0, 0.1) is 51.1 Å². The van der Waals surface area contributed by atoms with Crippen LogP contribution in [-0.4, -0.2) is 176 Å². The van der Waals surface area contributed by atoms with Crippen LogP contribution in [0.1, 0.15) is 38.9 Å². The number of para-hydroxylation sites is 1. The summed E-state index contributed by atoms with van der Waals surface area (Å²) in [7, 11) is 18.9. The number of anilines is 10. The molecule has 0 radical (unpaired) electrons. The number of halogens is 1. The van der Waals surface area contributed by atoms with E-state index in [1.165, 1.54) is 12.1 Å². The molecule has 10 aromatic carbocycles. The van der Waals surface area contributed by atoms with Gasteiger partial charge >= 0.3 is 0 Å². The zero-order valence-corrected chi connectivity index (χ0v) is 77.9. The number of ether oxygens (including phenoxy) is 12. The summed E-state index contributed by atoms with van der Waals surface area (Å²) in [5.74, 6) is 7.35. The minimum atomic E-state index is -0.342. The fourth-order valence-electron chi connectivity index (χ4n) is 17.7. The van der Waals surface area contributed by atoms with E-state index in [2.05, 4.69) is 50.9 Å². The van der Waals surface area contributed by atoms with E-state index < -0.39 is 0 Å². The monoisotopic (exact) mass is 1860 g/mol. The van der Waals surface area contributed by atoms with E-state index in [4.69, 9.17) is 89.2 Å². The van der Waals surface area contributed by atoms with Crippen molar-refractivity contribution in [3.63, 3.8) is 0 Å². The molecule has 0 aromatic heterocycles. The fourth-order valence-corrected chi connectivity index (χ4v) is 17.7. The molecule has 10 aliphatic rings. The van der Waals surface area contributed by atoms with Gasteiger partial charge in [-0.1, -0.05) is 42.5 Å². The zero-order chi connectivity index (χ0) is 97.8. The van der Waals surface area contributed by atoms with Gasteiger partial charge in [-0.2, -0.15) is 5.26 Å². The van der Waals surface area contributed by atoms with Crippen LogP contribution >= 0.6 is 0 Å². The van der Waals surface area contributed by atoms with E-state index in [9.17, 15) is 28.4 Å². The third-order valence-electron chi connectivity index (χ3n) is 24.7. The van der Waals surface area contributed by atoms with Crippen molar-refractivity contribution in [1.82, 2.24) is 0 Å². The number of hydrogen-bond acceptors (Lipinski definition) is 28. The van der Waals surface area contributed by atoms with Gasteiger partial charge in [-0.15, -0.1) is 0 Å². The topological polar surface area (TPSA) is 416 Å². The molecule has 0 saturated carbocycles. The van der Waals surface area contributed by atoms with Crippen molar-refractivity contribution in [1.29, 1.82) is 32.3 Å². The van der Waals surface area contributed by atoms with E-state index in [-0.39, 0.29) is 96.6 Å². The normalized spacial score (nSPS) is 18.3. The standard InChI is InChI=1S/C21H18N4O3.2C21H21N3O4.C21H21N3O3.C20H18FN3O3/c1-27-15-7-14(8-16(9-15)28-2)25-11-19(26)20(21(25)23)18-6-13-4-3-12(10-22)5-17(13)24-18;1-26-14-5-4-12-6-18(23-17(12)10-14)20-19(25)11-24(21(20)22)13-7-15(27-2)9-16(8-13)28-3;1-26-14-8-13(9-15(10-14)27-2)24-11-17(25)19(21(24)22)16-7-12-5-4-6-18(28-3)20(12)23-16;1-12-4-5-13-7-18(23-17(13)6-12)20-19(25)11-24(21(20)22)14-8-15(26-2)10-16(9-14)27-3;1-26-14-7-13(8-15(9-14)27-2)24-10-18(25)19(20(24)22)17-5-11-3-4-12(21)6-16(11)23-17/h3-5,7-9,23-24H,6,11H2,1-2H3;4-5,7-10,22-23H,6,11H2,1-3H3;4-6,8-10,22-23H,7,11H2,1-3H3;4-6,8-10,22-23H,7,11H2,1-3H3;3-4,6-9,22-23H,5,10H2,1-2H3. The molecule has 0 unspecified atom stereocenters. The Kier molecular flexibility index (Phi) is 27.1. The number of rotatable bonds is 17. The van der Waals surface area contributed by atoms with Crippen molar-refractivity contribution < 1.29 is 85.2 Å². The van der Waals surface area contributed by atoms with Crippen molar-refractivity contribution in [2.45, 2.75) is 39.0 Å². The average Bonchev–Trinajstić information content (AvgIpc) is 1.33. The first kappa shape index (κ1) is 93.8. The molecule has 34 heteroatoms. The predicted molar refractivity (Wildman–Crippen MR) is 525 cm³/mol. The molecular formula is C104H99FN16O17. The molecule has 704 valence electrons. The summed E-state index contributed by atoms with van der Waals surface area (Å²) < 4.78 is 77.1. The highest BCUT2D eigenvalue weighted by Crippen LogP contribution is 2.45. The molecule has 10 aliphatic heterocycles. The second-order valence-corrected chi connectivity index (χ2v) is 32.9. The number of carbonyl (C=O) groups is 5. The van der Waals surface area contributed by atoms with Gasteiger partial charge in [0.1, 0.15) is 104 Å². The summed E-state index contributed by atoms with van der Waals surface area (Å²) >= 11 is 0. The summed E-state index contributed by atoms with van der Waals surface area (Å²) in [6.07, 6.45) is 2.77. The van der Waals surface area contributed by atoms with E-state index in [1.807, 2.05) is 49.4 Å². The predicted octanol–water partition coefficient (Wildman–Crippen LogP) is 15.3. The van der Waals surface area contributed by atoms with E-state index in [0.29, 0.717) is 169 Å². The lowest BCUT2D eigenvalue weighted by atomic mass is 10.1. The van der Waals surface area contributed by atoms with Crippen LogP contribution < -0.4 is 108 Å². The Bertz CT molecular complexity index is 6740. The van der Waals surface area contributed by atoms with Crippen molar-refractivity contribution in [3.8, 4) is 75.1 Å². The van der Waals surface area contributed by atoms with Gasteiger partial charge in [0.2, 0.25) is 0 Å². The largest absolute Gasteiger partial charge is 0.497 e. The number of nitrogens with zero attached hydrogens (tertiary/aromatic N) is 6. The van der Waals surface area contributed by atoms with Gasteiger partial charge in [0.05, 0.1) is 192 Å². The maximum atomic E-state index is 13.4. The van der Waals surface area contributed by atoms with Gasteiger partial charge in [-0.25, -0.2) is 4.39 Å². The SMILES string of the molecule is COc1cc(OC)cc(N2CC(=O)C(=C3Cc4ccc(C#N)cc4N3)C2=N)c1.COc1cc(OC)cc(N2CC(=O)C(=C3Cc4ccc(C)cc4N3)C2=N)c1.COc1cc(OC)cc(N2CC(=O)C(=C3Cc4ccc(F)cc4N3)C2=N)c1.COc1cc(OC)cc(N2CC(=O)C(=C3Cc4ccc(OC)cc4N3)C2=N)c1.COc1cc(OC)cc(N2CC(=O)C(=C3Cc4cccc(OC)c4N3)C2=N)c1. The summed E-state index contributed by atoms with van der Waals surface area (Å²) in [6.45, 7) is 2.51. The third kappa shape index (κ3) is 18.9. The molecule has 0 atom stereocenters. The molecule has 20 rings (SSSR count). The van der Waals surface area contributed by atoms with E-state index in [0.717, 1.165) is 84.7 Å². The molecule has 10 N–H and O–H groups in total. The quantitative estimate of drug-likeness (QED) is 0.0379. The Morgan fingerprint density at radius 3 is 0.862 bits per heavy atom.